The van der Waals surface area contributed by atoms with E-state index in [2.05, 4.69) is 10.4 Å². The number of amides is 2. The monoisotopic (exact) mass is 292 g/mol. The van der Waals surface area contributed by atoms with Gasteiger partial charge in [-0.15, -0.1) is 0 Å². The predicted octanol–water partition coefficient (Wildman–Crippen LogP) is 1.22. The van der Waals surface area contributed by atoms with E-state index in [-0.39, 0.29) is 11.8 Å². The lowest BCUT2D eigenvalue weighted by molar-refractivity contribution is -0.156. The molecular formula is C15H24N4O2. The molecule has 0 bridgehead atoms. The van der Waals surface area contributed by atoms with Gasteiger partial charge in [0.25, 0.3) is 0 Å². The van der Waals surface area contributed by atoms with Crippen molar-refractivity contribution in [3.8, 4) is 0 Å². The Kier molecular flexibility index (Phi) is 4.34. The number of carbonyl (C=O) groups excluding carboxylic acids is 2. The zero-order chi connectivity index (χ0) is 15.6. The maximum atomic E-state index is 12.9. The highest BCUT2D eigenvalue weighted by Gasteiger charge is 2.48. The highest BCUT2D eigenvalue weighted by atomic mass is 16.2. The number of rotatable bonds is 5. The molecule has 0 saturated carbocycles. The van der Waals surface area contributed by atoms with Gasteiger partial charge in [-0.2, -0.15) is 5.10 Å². The molecule has 1 aliphatic heterocycles. The van der Waals surface area contributed by atoms with Gasteiger partial charge in [0, 0.05) is 13.2 Å². The van der Waals surface area contributed by atoms with Crippen LogP contribution in [0.3, 0.4) is 0 Å². The van der Waals surface area contributed by atoms with E-state index < -0.39 is 11.6 Å². The number of piperazine rings is 1. The Labute approximate surface area is 125 Å². The van der Waals surface area contributed by atoms with Crippen LogP contribution in [0.15, 0.2) is 12.3 Å². The molecule has 0 aromatic carbocycles. The first kappa shape index (κ1) is 15.5. The van der Waals surface area contributed by atoms with Crippen LogP contribution < -0.4 is 5.32 Å². The molecule has 1 aromatic rings. The number of hydrogen-bond acceptors (Lipinski definition) is 3. The quantitative estimate of drug-likeness (QED) is 0.887. The summed E-state index contributed by atoms with van der Waals surface area (Å²) in [4.78, 5) is 27.0. The Hall–Kier alpha value is -1.85. The van der Waals surface area contributed by atoms with E-state index in [0.29, 0.717) is 25.8 Å². The van der Waals surface area contributed by atoms with Crippen LogP contribution in [0.1, 0.15) is 45.7 Å². The lowest BCUT2D eigenvalue weighted by Gasteiger charge is -2.45. The van der Waals surface area contributed by atoms with Crippen molar-refractivity contribution in [3.63, 3.8) is 0 Å². The molecular weight excluding hydrogens is 268 g/mol. The normalized spacial score (nSPS) is 21.5. The van der Waals surface area contributed by atoms with E-state index in [4.69, 9.17) is 0 Å². The average molecular weight is 292 g/mol. The van der Waals surface area contributed by atoms with E-state index in [0.717, 1.165) is 5.69 Å². The molecule has 0 aliphatic carbocycles. The Bertz CT molecular complexity index is 534. The van der Waals surface area contributed by atoms with E-state index in [1.54, 1.807) is 9.58 Å². The van der Waals surface area contributed by atoms with Gasteiger partial charge < -0.3 is 10.2 Å². The molecule has 1 unspecified atom stereocenters. The largest absolute Gasteiger partial charge is 0.340 e. The van der Waals surface area contributed by atoms with Crippen molar-refractivity contribution in [1.82, 2.24) is 20.0 Å². The summed E-state index contributed by atoms with van der Waals surface area (Å²) in [6, 6.07) is 1.47. The Balaban J connectivity index is 2.32. The van der Waals surface area contributed by atoms with Gasteiger partial charge in [0.1, 0.15) is 11.6 Å². The molecule has 6 nitrogen and oxygen atoms in total. The maximum absolute atomic E-state index is 12.9. The zero-order valence-corrected chi connectivity index (χ0v) is 13.2. The molecule has 2 heterocycles. The lowest BCUT2D eigenvalue weighted by atomic mass is 9.86. The first-order chi connectivity index (χ1) is 9.97. The second kappa shape index (κ2) is 5.87. The molecule has 0 radical (unpaired) electrons. The highest BCUT2D eigenvalue weighted by molar-refractivity contribution is 5.99. The van der Waals surface area contributed by atoms with Gasteiger partial charge in [0.2, 0.25) is 11.8 Å². The van der Waals surface area contributed by atoms with Gasteiger partial charge in [-0.05, 0) is 25.3 Å². The summed E-state index contributed by atoms with van der Waals surface area (Å²) in [6.45, 7) is 6.18. The van der Waals surface area contributed by atoms with Crippen molar-refractivity contribution in [2.75, 3.05) is 0 Å². The molecule has 1 N–H and O–H groups in total. The lowest BCUT2D eigenvalue weighted by Crippen LogP contribution is -2.69. The molecule has 21 heavy (non-hydrogen) atoms. The molecule has 6 heteroatoms. The first-order valence-corrected chi connectivity index (χ1v) is 7.59. The third-order valence-electron chi connectivity index (χ3n) is 4.41. The molecule has 1 fully saturated rings. The zero-order valence-electron chi connectivity index (χ0n) is 13.2. The molecule has 1 aromatic heterocycles. The predicted molar refractivity (Wildman–Crippen MR) is 79.3 cm³/mol. The molecule has 0 spiro atoms. The van der Waals surface area contributed by atoms with Crippen molar-refractivity contribution < 1.29 is 9.59 Å². The molecule has 1 saturated heterocycles. The number of aromatic nitrogens is 2. The van der Waals surface area contributed by atoms with Crippen LogP contribution in [0.5, 0.6) is 0 Å². The fraction of sp³-hybridized carbons (Fsp3) is 0.667. The molecule has 1 atom stereocenters. The number of aryl methyl sites for hydroxylation is 1. The summed E-state index contributed by atoms with van der Waals surface area (Å²) < 4.78 is 1.71. The van der Waals surface area contributed by atoms with Crippen LogP contribution in [0, 0.1) is 0 Å². The molecule has 1 aliphatic rings. The summed E-state index contributed by atoms with van der Waals surface area (Å²) in [5.74, 6) is -0.0543. The third-order valence-corrected chi connectivity index (χ3v) is 4.41. The van der Waals surface area contributed by atoms with Crippen molar-refractivity contribution in [2.45, 2.75) is 58.2 Å². The molecule has 2 amide bonds. The molecule has 116 valence electrons. The first-order valence-electron chi connectivity index (χ1n) is 7.59. The fourth-order valence-electron chi connectivity index (χ4n) is 2.97. The van der Waals surface area contributed by atoms with Crippen molar-refractivity contribution in [2.24, 2.45) is 7.05 Å². The van der Waals surface area contributed by atoms with Crippen molar-refractivity contribution in [1.29, 1.82) is 0 Å². The summed E-state index contributed by atoms with van der Waals surface area (Å²) >= 11 is 0. The Morgan fingerprint density at radius 1 is 1.29 bits per heavy atom. The third kappa shape index (κ3) is 2.66. The summed E-state index contributed by atoms with van der Waals surface area (Å²) in [5.41, 5.74) is 0.0393. The smallest absolute Gasteiger partial charge is 0.249 e. The van der Waals surface area contributed by atoms with Crippen LogP contribution in [-0.4, -0.2) is 38.1 Å². The number of carbonyl (C=O) groups is 2. The minimum atomic E-state index is -0.766. The standard InChI is InChI=1S/C15H24N4O2/c1-5-12-13(20)16-15(6-2,7-3)14(21)19(12)10-11-8-9-18(4)17-11/h8-9,12H,5-7,10H2,1-4H3,(H,16,20). The van der Waals surface area contributed by atoms with Crippen molar-refractivity contribution >= 4 is 11.8 Å². The minimum absolute atomic E-state index is 0.00426. The summed E-state index contributed by atoms with van der Waals surface area (Å²) in [7, 11) is 1.84. The second-order valence-corrected chi connectivity index (χ2v) is 5.62. The van der Waals surface area contributed by atoms with Crippen LogP contribution in [-0.2, 0) is 23.2 Å². The average Bonchev–Trinajstić information content (AvgIpc) is 2.88. The number of nitrogens with zero attached hydrogens (tertiary/aromatic N) is 3. The van der Waals surface area contributed by atoms with Gasteiger partial charge in [0.05, 0.1) is 12.2 Å². The van der Waals surface area contributed by atoms with Crippen molar-refractivity contribution in [3.05, 3.63) is 18.0 Å². The second-order valence-electron chi connectivity index (χ2n) is 5.62. The fourth-order valence-corrected chi connectivity index (χ4v) is 2.97. The van der Waals surface area contributed by atoms with Crippen LogP contribution >= 0.6 is 0 Å². The van der Waals surface area contributed by atoms with Crippen LogP contribution in [0.2, 0.25) is 0 Å². The number of hydrogen-bond donors (Lipinski definition) is 1. The van der Waals surface area contributed by atoms with Crippen LogP contribution in [0.25, 0.3) is 0 Å². The van der Waals surface area contributed by atoms with E-state index in [9.17, 15) is 9.59 Å². The molecule has 2 rings (SSSR count). The van der Waals surface area contributed by atoms with Crippen LogP contribution in [0.4, 0.5) is 0 Å². The van der Waals surface area contributed by atoms with Gasteiger partial charge >= 0.3 is 0 Å². The van der Waals surface area contributed by atoms with Gasteiger partial charge in [-0.3, -0.25) is 14.3 Å². The summed E-state index contributed by atoms with van der Waals surface area (Å²) in [6.07, 6.45) is 3.65. The van der Waals surface area contributed by atoms with Gasteiger partial charge in [-0.25, -0.2) is 0 Å². The SMILES string of the molecule is CCC1C(=O)NC(CC)(CC)C(=O)N1Cc1ccn(C)n1. The topological polar surface area (TPSA) is 67.2 Å². The summed E-state index contributed by atoms with van der Waals surface area (Å²) in [5, 5.41) is 7.27. The Morgan fingerprint density at radius 3 is 2.43 bits per heavy atom. The van der Waals surface area contributed by atoms with Gasteiger partial charge in [-0.1, -0.05) is 20.8 Å². The van der Waals surface area contributed by atoms with E-state index in [1.807, 2.05) is 40.1 Å². The minimum Gasteiger partial charge on any atom is -0.340 e. The van der Waals surface area contributed by atoms with E-state index >= 15 is 0 Å². The maximum Gasteiger partial charge on any atom is 0.249 e. The Morgan fingerprint density at radius 2 is 1.95 bits per heavy atom. The number of nitrogens with one attached hydrogen (secondary N) is 1. The van der Waals surface area contributed by atoms with Gasteiger partial charge in [0.15, 0.2) is 0 Å². The van der Waals surface area contributed by atoms with E-state index in [1.165, 1.54) is 0 Å². The highest BCUT2D eigenvalue weighted by Crippen LogP contribution is 2.27.